The average Bonchev–Trinajstić information content (AvgIpc) is 2.52. The molecule has 0 saturated carbocycles. The summed E-state index contributed by atoms with van der Waals surface area (Å²) in [5.74, 6) is 1.33. The van der Waals surface area contributed by atoms with Crippen LogP contribution in [0.5, 0.6) is 0 Å². The first kappa shape index (κ1) is 14.0. The molecule has 1 aromatic heterocycles. The monoisotopic (exact) mass is 282 g/mol. The Morgan fingerprint density at radius 2 is 1.90 bits per heavy atom. The van der Waals surface area contributed by atoms with Gasteiger partial charge in [0.25, 0.3) is 0 Å². The van der Waals surface area contributed by atoms with Crippen LogP contribution in [0.25, 0.3) is 0 Å². The fourth-order valence-corrected chi connectivity index (χ4v) is 2.97. The Balaban J connectivity index is 1.54. The van der Waals surface area contributed by atoms with E-state index < -0.39 is 0 Å². The van der Waals surface area contributed by atoms with Crippen molar-refractivity contribution in [3.63, 3.8) is 0 Å². The van der Waals surface area contributed by atoms with E-state index in [1.807, 2.05) is 6.07 Å². The maximum atomic E-state index is 4.26. The van der Waals surface area contributed by atoms with Gasteiger partial charge in [-0.1, -0.05) is 37.3 Å². The van der Waals surface area contributed by atoms with Crippen molar-refractivity contribution in [3.8, 4) is 0 Å². The molecule has 4 nitrogen and oxygen atoms in total. The summed E-state index contributed by atoms with van der Waals surface area (Å²) in [5, 5.41) is 3.47. The zero-order valence-corrected chi connectivity index (χ0v) is 12.4. The van der Waals surface area contributed by atoms with E-state index in [-0.39, 0.29) is 0 Å². The van der Waals surface area contributed by atoms with Gasteiger partial charge >= 0.3 is 0 Å². The van der Waals surface area contributed by atoms with Crippen LogP contribution in [0.2, 0.25) is 0 Å². The zero-order chi connectivity index (χ0) is 14.5. The van der Waals surface area contributed by atoms with Crippen LogP contribution in [0.1, 0.15) is 18.9 Å². The van der Waals surface area contributed by atoms with Crippen LogP contribution < -0.4 is 5.32 Å². The smallest absolute Gasteiger partial charge is 0.222 e. The first-order valence-corrected chi connectivity index (χ1v) is 7.61. The topological polar surface area (TPSA) is 41.0 Å². The standard InChI is InChI=1S/C17H22N4/c1-14-12-21(13-15-6-3-2-4-7-15)11-8-16(14)20-17-18-9-5-10-19-17/h2-7,9-10,14,16H,8,11-13H2,1H3,(H,18,19,20). The van der Waals surface area contributed by atoms with Gasteiger partial charge in [-0.3, -0.25) is 4.90 Å². The lowest BCUT2D eigenvalue weighted by Gasteiger charge is -2.37. The van der Waals surface area contributed by atoms with E-state index in [2.05, 4.69) is 57.4 Å². The molecule has 1 fully saturated rings. The SMILES string of the molecule is CC1CN(Cc2ccccc2)CCC1Nc1ncccn1. The van der Waals surface area contributed by atoms with Gasteiger partial charge in [0.05, 0.1) is 0 Å². The van der Waals surface area contributed by atoms with Crippen molar-refractivity contribution in [2.75, 3.05) is 18.4 Å². The number of likely N-dealkylation sites (tertiary alicyclic amines) is 1. The predicted octanol–water partition coefficient (Wildman–Crippen LogP) is 2.80. The van der Waals surface area contributed by atoms with Crippen LogP contribution in [-0.4, -0.2) is 34.0 Å². The minimum absolute atomic E-state index is 0.458. The fraction of sp³-hybridized carbons (Fsp3) is 0.412. The van der Waals surface area contributed by atoms with Crippen molar-refractivity contribution >= 4 is 5.95 Å². The Kier molecular flexibility index (Phi) is 4.46. The summed E-state index contributed by atoms with van der Waals surface area (Å²) < 4.78 is 0. The van der Waals surface area contributed by atoms with Gasteiger partial charge in [0.2, 0.25) is 5.95 Å². The number of hydrogen-bond donors (Lipinski definition) is 1. The highest BCUT2D eigenvalue weighted by Crippen LogP contribution is 2.21. The Hall–Kier alpha value is -1.94. The molecule has 0 amide bonds. The first-order valence-electron chi connectivity index (χ1n) is 7.61. The minimum atomic E-state index is 0.458. The molecule has 1 saturated heterocycles. The van der Waals surface area contributed by atoms with Crippen LogP contribution in [0.15, 0.2) is 48.8 Å². The normalized spacial score (nSPS) is 22.9. The molecule has 1 aromatic carbocycles. The van der Waals surface area contributed by atoms with E-state index in [0.717, 1.165) is 32.0 Å². The van der Waals surface area contributed by atoms with Gasteiger partial charge in [-0.15, -0.1) is 0 Å². The number of aromatic nitrogens is 2. The summed E-state index contributed by atoms with van der Waals surface area (Å²) >= 11 is 0. The molecule has 0 aliphatic carbocycles. The van der Waals surface area contributed by atoms with Gasteiger partial charge in [0.15, 0.2) is 0 Å². The Labute approximate surface area is 126 Å². The molecule has 2 atom stereocenters. The average molecular weight is 282 g/mol. The van der Waals surface area contributed by atoms with E-state index in [0.29, 0.717) is 12.0 Å². The molecule has 4 heteroatoms. The predicted molar refractivity (Wildman–Crippen MR) is 84.9 cm³/mol. The van der Waals surface area contributed by atoms with E-state index in [1.54, 1.807) is 12.4 Å². The Morgan fingerprint density at radius 3 is 2.62 bits per heavy atom. The summed E-state index contributed by atoms with van der Waals surface area (Å²) in [6.07, 6.45) is 4.70. The third kappa shape index (κ3) is 3.79. The maximum absolute atomic E-state index is 4.26. The fourth-order valence-electron chi connectivity index (χ4n) is 2.97. The van der Waals surface area contributed by atoms with E-state index in [4.69, 9.17) is 0 Å². The van der Waals surface area contributed by atoms with Crippen molar-refractivity contribution in [1.82, 2.24) is 14.9 Å². The van der Waals surface area contributed by atoms with Gasteiger partial charge < -0.3 is 5.32 Å². The highest BCUT2D eigenvalue weighted by molar-refractivity contribution is 5.25. The van der Waals surface area contributed by atoms with Crippen LogP contribution in [0.3, 0.4) is 0 Å². The molecule has 1 aliphatic rings. The highest BCUT2D eigenvalue weighted by Gasteiger charge is 2.26. The second-order valence-electron chi connectivity index (χ2n) is 5.81. The van der Waals surface area contributed by atoms with Crippen LogP contribution in [0.4, 0.5) is 5.95 Å². The van der Waals surface area contributed by atoms with Gasteiger partial charge in [-0.25, -0.2) is 9.97 Å². The number of rotatable bonds is 4. The summed E-state index contributed by atoms with van der Waals surface area (Å²) in [6.45, 7) is 5.57. The van der Waals surface area contributed by atoms with Crippen LogP contribution in [-0.2, 0) is 6.54 Å². The van der Waals surface area contributed by atoms with Gasteiger partial charge in [-0.05, 0) is 24.0 Å². The number of nitrogens with one attached hydrogen (secondary N) is 1. The van der Waals surface area contributed by atoms with E-state index >= 15 is 0 Å². The third-order valence-electron chi connectivity index (χ3n) is 4.12. The molecular formula is C17H22N4. The number of hydrogen-bond acceptors (Lipinski definition) is 4. The molecule has 2 heterocycles. The van der Waals surface area contributed by atoms with Crippen molar-refractivity contribution < 1.29 is 0 Å². The molecular weight excluding hydrogens is 260 g/mol. The first-order chi connectivity index (χ1) is 10.3. The van der Waals surface area contributed by atoms with Crippen molar-refractivity contribution in [2.45, 2.75) is 25.9 Å². The lowest BCUT2D eigenvalue weighted by Crippen LogP contribution is -2.45. The minimum Gasteiger partial charge on any atom is -0.351 e. The van der Waals surface area contributed by atoms with Crippen LogP contribution in [0, 0.1) is 5.92 Å². The van der Waals surface area contributed by atoms with Gasteiger partial charge in [0.1, 0.15) is 0 Å². The second-order valence-corrected chi connectivity index (χ2v) is 5.81. The summed E-state index contributed by atoms with van der Waals surface area (Å²) in [4.78, 5) is 11.0. The maximum Gasteiger partial charge on any atom is 0.222 e. The molecule has 1 aliphatic heterocycles. The van der Waals surface area contributed by atoms with Crippen LogP contribution >= 0.6 is 0 Å². The summed E-state index contributed by atoms with van der Waals surface area (Å²) in [6, 6.07) is 13.0. The van der Waals surface area contributed by atoms with Gasteiger partial charge in [-0.2, -0.15) is 0 Å². The largest absolute Gasteiger partial charge is 0.351 e. The zero-order valence-electron chi connectivity index (χ0n) is 12.4. The molecule has 21 heavy (non-hydrogen) atoms. The number of anilines is 1. The van der Waals surface area contributed by atoms with E-state index in [1.165, 1.54) is 5.56 Å². The number of benzene rings is 1. The molecule has 0 bridgehead atoms. The second kappa shape index (κ2) is 6.68. The highest BCUT2D eigenvalue weighted by atomic mass is 15.2. The van der Waals surface area contributed by atoms with Crippen molar-refractivity contribution in [1.29, 1.82) is 0 Å². The van der Waals surface area contributed by atoms with Crippen molar-refractivity contribution in [3.05, 3.63) is 54.4 Å². The molecule has 2 unspecified atom stereocenters. The Morgan fingerprint density at radius 1 is 1.14 bits per heavy atom. The third-order valence-corrected chi connectivity index (χ3v) is 4.12. The number of nitrogens with zero attached hydrogens (tertiary/aromatic N) is 3. The number of piperidine rings is 1. The molecule has 3 rings (SSSR count). The Bertz CT molecular complexity index is 543. The quantitative estimate of drug-likeness (QED) is 0.936. The van der Waals surface area contributed by atoms with Crippen molar-refractivity contribution in [2.24, 2.45) is 5.92 Å². The summed E-state index contributed by atoms with van der Waals surface area (Å²) in [7, 11) is 0. The molecule has 0 spiro atoms. The molecule has 0 radical (unpaired) electrons. The summed E-state index contributed by atoms with van der Waals surface area (Å²) in [5.41, 5.74) is 1.39. The lowest BCUT2D eigenvalue weighted by atomic mass is 9.93. The lowest BCUT2D eigenvalue weighted by molar-refractivity contribution is 0.164. The van der Waals surface area contributed by atoms with E-state index in [9.17, 15) is 0 Å². The molecule has 2 aromatic rings. The molecule has 1 N–H and O–H groups in total. The molecule has 110 valence electrons. The van der Waals surface area contributed by atoms with Gasteiger partial charge in [0, 0.05) is 38.1 Å².